The smallest absolute Gasteiger partial charge is 0.340 e. The zero-order valence-corrected chi connectivity index (χ0v) is 12.0. The van der Waals surface area contributed by atoms with Gasteiger partial charge in [0.15, 0.2) is 0 Å². The molecule has 6 heteroatoms. The molecule has 0 radical (unpaired) electrons. The molecular formula is C15H18F3N3. The molecule has 1 atom stereocenters. The molecule has 3 nitrogen and oxygen atoms in total. The molecule has 2 rings (SSSR count). The number of nitrogens with two attached hydrogens (primary N) is 1. The van der Waals surface area contributed by atoms with Crippen molar-refractivity contribution in [1.82, 2.24) is 9.97 Å². The Morgan fingerprint density at radius 2 is 2.00 bits per heavy atom. The largest absolute Gasteiger partial charge is 0.416 e. The molecule has 0 bridgehead atoms. The van der Waals surface area contributed by atoms with E-state index in [-0.39, 0.29) is 0 Å². The van der Waals surface area contributed by atoms with Crippen LogP contribution in [0, 0.1) is 0 Å². The highest BCUT2D eigenvalue weighted by Crippen LogP contribution is 2.32. The van der Waals surface area contributed by atoms with Crippen LogP contribution < -0.4 is 5.73 Å². The highest BCUT2D eigenvalue weighted by atomic mass is 19.4. The first kappa shape index (κ1) is 15.6. The average Bonchev–Trinajstić information content (AvgIpc) is 2.88. The summed E-state index contributed by atoms with van der Waals surface area (Å²) in [7, 11) is 0. The van der Waals surface area contributed by atoms with Crippen LogP contribution in [-0.4, -0.2) is 9.97 Å². The van der Waals surface area contributed by atoms with E-state index in [0.717, 1.165) is 25.0 Å². The molecule has 0 saturated carbocycles. The van der Waals surface area contributed by atoms with Crippen molar-refractivity contribution in [3.63, 3.8) is 0 Å². The number of hydrogen-bond acceptors (Lipinski definition) is 2. The monoisotopic (exact) mass is 297 g/mol. The fourth-order valence-corrected chi connectivity index (χ4v) is 2.26. The standard InChI is InChI=1S/C15H18F3N3/c1-3-7-14(2,19)13-20-9-12(21-13)10-5-4-6-11(8-10)15(16,17)18/h4-6,8-9H,3,7,19H2,1-2H3,(H,20,21). The average molecular weight is 297 g/mol. The predicted octanol–water partition coefficient (Wildman–Crippen LogP) is 4.07. The highest BCUT2D eigenvalue weighted by molar-refractivity contribution is 5.60. The zero-order valence-electron chi connectivity index (χ0n) is 12.0. The van der Waals surface area contributed by atoms with Crippen molar-refractivity contribution < 1.29 is 13.2 Å². The van der Waals surface area contributed by atoms with Crippen LogP contribution in [-0.2, 0) is 11.7 Å². The molecule has 3 N–H and O–H groups in total. The SMILES string of the molecule is CCCC(C)(N)c1ncc(-c2cccc(C(F)(F)F)c2)[nH]1. The van der Waals surface area contributed by atoms with E-state index >= 15 is 0 Å². The molecule has 1 heterocycles. The lowest BCUT2D eigenvalue weighted by Gasteiger charge is -2.21. The first-order valence-corrected chi connectivity index (χ1v) is 6.76. The Bertz CT molecular complexity index is 615. The van der Waals surface area contributed by atoms with Gasteiger partial charge in [-0.2, -0.15) is 13.2 Å². The minimum absolute atomic E-state index is 0.441. The number of imidazole rings is 1. The quantitative estimate of drug-likeness (QED) is 0.893. The Labute approximate surface area is 121 Å². The lowest BCUT2D eigenvalue weighted by Crippen LogP contribution is -2.34. The topological polar surface area (TPSA) is 54.7 Å². The van der Waals surface area contributed by atoms with Gasteiger partial charge in [0.1, 0.15) is 5.82 Å². The normalized spacial score (nSPS) is 15.0. The molecule has 0 amide bonds. The number of alkyl halides is 3. The minimum Gasteiger partial charge on any atom is -0.340 e. The van der Waals surface area contributed by atoms with Gasteiger partial charge >= 0.3 is 6.18 Å². The number of aromatic nitrogens is 2. The van der Waals surface area contributed by atoms with Crippen molar-refractivity contribution in [1.29, 1.82) is 0 Å². The maximum atomic E-state index is 12.7. The van der Waals surface area contributed by atoms with Crippen LogP contribution in [0.25, 0.3) is 11.3 Å². The molecule has 0 spiro atoms. The minimum atomic E-state index is -4.36. The van der Waals surface area contributed by atoms with Crippen LogP contribution in [0.5, 0.6) is 0 Å². The first-order valence-electron chi connectivity index (χ1n) is 6.76. The third-order valence-electron chi connectivity index (χ3n) is 3.39. The fourth-order valence-electron chi connectivity index (χ4n) is 2.26. The highest BCUT2D eigenvalue weighted by Gasteiger charge is 2.30. The summed E-state index contributed by atoms with van der Waals surface area (Å²) in [5.74, 6) is 0.580. The van der Waals surface area contributed by atoms with Crippen LogP contribution in [0.15, 0.2) is 30.5 Å². The number of rotatable bonds is 4. The second-order valence-corrected chi connectivity index (χ2v) is 5.39. The lowest BCUT2D eigenvalue weighted by atomic mass is 9.97. The predicted molar refractivity (Wildman–Crippen MR) is 75.5 cm³/mol. The molecule has 0 fully saturated rings. The van der Waals surface area contributed by atoms with Gasteiger partial charge in [0.2, 0.25) is 0 Å². The number of H-pyrrole nitrogens is 1. The molecule has 2 aromatic rings. The van der Waals surface area contributed by atoms with Gasteiger partial charge < -0.3 is 10.7 Å². The summed E-state index contributed by atoms with van der Waals surface area (Å²) in [6.45, 7) is 3.87. The van der Waals surface area contributed by atoms with Crippen molar-refractivity contribution in [2.75, 3.05) is 0 Å². The van der Waals surface area contributed by atoms with E-state index in [1.165, 1.54) is 12.3 Å². The van der Waals surface area contributed by atoms with Gasteiger partial charge in [0.05, 0.1) is 23.0 Å². The van der Waals surface area contributed by atoms with Gasteiger partial charge in [-0.15, -0.1) is 0 Å². The first-order chi connectivity index (χ1) is 9.74. The third-order valence-corrected chi connectivity index (χ3v) is 3.39. The molecule has 0 aliphatic heterocycles. The Balaban J connectivity index is 2.34. The molecule has 0 aliphatic carbocycles. The maximum absolute atomic E-state index is 12.7. The van der Waals surface area contributed by atoms with E-state index < -0.39 is 17.3 Å². The lowest BCUT2D eigenvalue weighted by molar-refractivity contribution is -0.137. The molecule has 1 aromatic heterocycles. The van der Waals surface area contributed by atoms with Crippen molar-refractivity contribution in [3.05, 3.63) is 41.9 Å². The number of hydrogen-bond donors (Lipinski definition) is 2. The number of halogens is 3. The van der Waals surface area contributed by atoms with E-state index in [1.807, 2.05) is 13.8 Å². The maximum Gasteiger partial charge on any atom is 0.416 e. The Kier molecular flexibility index (Phi) is 4.09. The summed E-state index contributed by atoms with van der Waals surface area (Å²) in [6.07, 6.45) is -1.20. The summed E-state index contributed by atoms with van der Waals surface area (Å²) >= 11 is 0. The van der Waals surface area contributed by atoms with Crippen molar-refractivity contribution >= 4 is 0 Å². The van der Waals surface area contributed by atoms with Crippen LogP contribution in [0.4, 0.5) is 13.2 Å². The van der Waals surface area contributed by atoms with Crippen LogP contribution in [0.2, 0.25) is 0 Å². The summed E-state index contributed by atoms with van der Waals surface area (Å²) in [6, 6.07) is 5.14. The summed E-state index contributed by atoms with van der Waals surface area (Å²) < 4.78 is 38.2. The van der Waals surface area contributed by atoms with E-state index in [0.29, 0.717) is 17.1 Å². The summed E-state index contributed by atoms with van der Waals surface area (Å²) in [5.41, 5.74) is 5.84. The molecule has 0 saturated heterocycles. The van der Waals surface area contributed by atoms with Crippen LogP contribution in [0.1, 0.15) is 38.1 Å². The Morgan fingerprint density at radius 3 is 2.62 bits per heavy atom. The van der Waals surface area contributed by atoms with Crippen molar-refractivity contribution in [3.8, 4) is 11.3 Å². The second kappa shape index (κ2) is 5.52. The van der Waals surface area contributed by atoms with Gasteiger partial charge in [-0.3, -0.25) is 0 Å². The van der Waals surface area contributed by atoms with Crippen molar-refractivity contribution in [2.24, 2.45) is 5.73 Å². The summed E-state index contributed by atoms with van der Waals surface area (Å²) in [4.78, 5) is 7.24. The summed E-state index contributed by atoms with van der Waals surface area (Å²) in [5, 5.41) is 0. The van der Waals surface area contributed by atoms with E-state index in [1.54, 1.807) is 6.07 Å². The van der Waals surface area contributed by atoms with Crippen LogP contribution >= 0.6 is 0 Å². The third kappa shape index (κ3) is 3.44. The van der Waals surface area contributed by atoms with Gasteiger partial charge in [0, 0.05) is 5.56 Å². The molecular weight excluding hydrogens is 279 g/mol. The zero-order chi connectivity index (χ0) is 15.7. The molecule has 114 valence electrons. The van der Waals surface area contributed by atoms with E-state index in [2.05, 4.69) is 9.97 Å². The molecule has 0 aliphatic rings. The van der Waals surface area contributed by atoms with E-state index in [9.17, 15) is 13.2 Å². The van der Waals surface area contributed by atoms with E-state index in [4.69, 9.17) is 5.73 Å². The number of aromatic amines is 1. The van der Waals surface area contributed by atoms with Gasteiger partial charge in [-0.05, 0) is 25.5 Å². The molecule has 21 heavy (non-hydrogen) atoms. The number of benzene rings is 1. The molecule has 1 unspecified atom stereocenters. The number of nitrogens with one attached hydrogen (secondary N) is 1. The van der Waals surface area contributed by atoms with Crippen molar-refractivity contribution in [2.45, 2.75) is 38.4 Å². The molecule has 1 aromatic carbocycles. The Morgan fingerprint density at radius 1 is 1.29 bits per heavy atom. The van der Waals surface area contributed by atoms with Gasteiger partial charge in [0.25, 0.3) is 0 Å². The van der Waals surface area contributed by atoms with Gasteiger partial charge in [-0.1, -0.05) is 25.5 Å². The number of nitrogens with zero attached hydrogens (tertiary/aromatic N) is 1. The fraction of sp³-hybridized carbons (Fsp3) is 0.400. The van der Waals surface area contributed by atoms with Crippen LogP contribution in [0.3, 0.4) is 0 Å². The second-order valence-electron chi connectivity index (χ2n) is 5.39. The van der Waals surface area contributed by atoms with Gasteiger partial charge in [-0.25, -0.2) is 4.98 Å². The Hall–Kier alpha value is -1.82.